The van der Waals surface area contributed by atoms with Crippen LogP contribution in [-0.2, 0) is 9.59 Å². The zero-order valence-corrected chi connectivity index (χ0v) is 20.6. The number of carbonyl (C=O) groups is 2. The molecule has 34 heavy (non-hydrogen) atoms. The van der Waals surface area contributed by atoms with Gasteiger partial charge in [0.05, 0.1) is 50.1 Å². The number of aliphatic hydroxyl groups is 1. The van der Waals surface area contributed by atoms with E-state index in [1.165, 1.54) is 38.4 Å². The molecule has 1 fully saturated rings. The van der Waals surface area contributed by atoms with Crippen LogP contribution in [0.3, 0.4) is 0 Å². The van der Waals surface area contributed by atoms with Gasteiger partial charge in [0.15, 0.2) is 11.5 Å². The quantitative estimate of drug-likeness (QED) is 0.312. The number of likely N-dealkylation sites (tertiary alicyclic amines) is 1. The Morgan fingerprint density at radius 3 is 2.24 bits per heavy atom. The molecule has 0 aromatic heterocycles. The number of ether oxygens (including phenoxy) is 4. The molecule has 1 heterocycles. The van der Waals surface area contributed by atoms with E-state index in [9.17, 15) is 14.7 Å². The van der Waals surface area contributed by atoms with E-state index in [0.717, 1.165) is 0 Å². The van der Waals surface area contributed by atoms with Crippen molar-refractivity contribution in [2.24, 2.45) is 0 Å². The Bertz CT molecular complexity index is 1130. The predicted molar refractivity (Wildman–Crippen MR) is 128 cm³/mol. The maximum atomic E-state index is 13.2. The fourth-order valence-electron chi connectivity index (χ4n) is 4.02. The highest BCUT2D eigenvalue weighted by molar-refractivity contribution is 6.46. The summed E-state index contributed by atoms with van der Waals surface area (Å²) >= 11 is 6.20. The molecular formula is C25H28ClNO7. The highest BCUT2D eigenvalue weighted by atomic mass is 35.5. The van der Waals surface area contributed by atoms with E-state index in [-0.39, 0.29) is 33.4 Å². The predicted octanol–water partition coefficient (Wildman–Crippen LogP) is 4.60. The van der Waals surface area contributed by atoms with E-state index >= 15 is 0 Å². The van der Waals surface area contributed by atoms with Gasteiger partial charge in [-0.1, -0.05) is 24.6 Å². The first kappa shape index (κ1) is 25.2. The summed E-state index contributed by atoms with van der Waals surface area (Å²) < 4.78 is 21.7. The van der Waals surface area contributed by atoms with Gasteiger partial charge >= 0.3 is 0 Å². The molecule has 1 N–H and O–H groups in total. The number of rotatable bonds is 9. The van der Waals surface area contributed by atoms with E-state index in [2.05, 4.69) is 0 Å². The number of ketones is 1. The zero-order valence-electron chi connectivity index (χ0n) is 19.8. The van der Waals surface area contributed by atoms with Crippen LogP contribution in [0.4, 0.5) is 0 Å². The maximum absolute atomic E-state index is 13.2. The highest BCUT2D eigenvalue weighted by Gasteiger charge is 2.46. The second kappa shape index (κ2) is 10.7. The number of benzene rings is 2. The molecule has 1 atom stereocenters. The Morgan fingerprint density at radius 2 is 1.65 bits per heavy atom. The Labute approximate surface area is 203 Å². The van der Waals surface area contributed by atoms with Crippen LogP contribution < -0.4 is 18.9 Å². The van der Waals surface area contributed by atoms with Gasteiger partial charge in [0.1, 0.15) is 17.3 Å². The molecule has 9 heteroatoms. The minimum absolute atomic E-state index is 0.0614. The van der Waals surface area contributed by atoms with Gasteiger partial charge in [0.25, 0.3) is 11.7 Å². The molecule has 2 aromatic rings. The van der Waals surface area contributed by atoms with Crippen molar-refractivity contribution in [3.8, 4) is 23.0 Å². The summed E-state index contributed by atoms with van der Waals surface area (Å²) in [6.07, 6.45) is 0.621. The summed E-state index contributed by atoms with van der Waals surface area (Å²) in [5.74, 6) is -0.372. The smallest absolute Gasteiger partial charge is 0.295 e. The number of methoxy groups -OCH3 is 3. The first-order valence-corrected chi connectivity index (χ1v) is 11.2. The van der Waals surface area contributed by atoms with Crippen molar-refractivity contribution in [3.05, 3.63) is 52.1 Å². The minimum atomic E-state index is -0.837. The third kappa shape index (κ3) is 4.50. The second-order valence-electron chi connectivity index (χ2n) is 7.52. The van der Waals surface area contributed by atoms with Crippen molar-refractivity contribution in [1.29, 1.82) is 0 Å². The Balaban J connectivity index is 2.28. The van der Waals surface area contributed by atoms with Gasteiger partial charge in [0.2, 0.25) is 0 Å². The lowest BCUT2D eigenvalue weighted by molar-refractivity contribution is -0.139. The van der Waals surface area contributed by atoms with Crippen molar-refractivity contribution < 1.29 is 33.6 Å². The van der Waals surface area contributed by atoms with Crippen LogP contribution in [0.1, 0.15) is 37.4 Å². The first-order chi connectivity index (χ1) is 16.3. The van der Waals surface area contributed by atoms with E-state index in [1.54, 1.807) is 18.2 Å². The minimum Gasteiger partial charge on any atom is -0.507 e. The largest absolute Gasteiger partial charge is 0.507 e. The molecule has 1 unspecified atom stereocenters. The highest BCUT2D eigenvalue weighted by Crippen LogP contribution is 2.44. The monoisotopic (exact) mass is 489 g/mol. The van der Waals surface area contributed by atoms with Gasteiger partial charge in [-0.05, 0) is 37.1 Å². The molecule has 3 rings (SSSR count). The SMILES string of the molecule is CCCN1C(=O)C(=O)/C(=C(/O)c2cc(OC)c(Cl)cc2OC)C1c1ccc(OC)c(OCC)c1. The Hall–Kier alpha value is -3.39. The van der Waals surface area contributed by atoms with Crippen LogP contribution >= 0.6 is 11.6 Å². The molecule has 2 aromatic carbocycles. The number of carbonyl (C=O) groups excluding carboxylic acids is 2. The van der Waals surface area contributed by atoms with Crippen molar-refractivity contribution in [3.63, 3.8) is 0 Å². The van der Waals surface area contributed by atoms with Gasteiger partial charge in [-0.2, -0.15) is 0 Å². The summed E-state index contributed by atoms with van der Waals surface area (Å²) in [5.41, 5.74) is 0.717. The van der Waals surface area contributed by atoms with Gasteiger partial charge in [0, 0.05) is 12.6 Å². The van der Waals surface area contributed by atoms with Gasteiger partial charge in [-0.15, -0.1) is 0 Å². The molecule has 0 bridgehead atoms. The van der Waals surface area contributed by atoms with E-state index in [0.29, 0.717) is 36.6 Å². The molecule has 0 aliphatic carbocycles. The number of nitrogens with zero attached hydrogens (tertiary/aromatic N) is 1. The van der Waals surface area contributed by atoms with Crippen LogP contribution in [0, 0.1) is 0 Å². The van der Waals surface area contributed by atoms with Gasteiger partial charge < -0.3 is 29.0 Å². The Kier molecular flexibility index (Phi) is 7.94. The second-order valence-corrected chi connectivity index (χ2v) is 7.93. The number of hydrogen-bond donors (Lipinski definition) is 1. The zero-order chi connectivity index (χ0) is 25.0. The Morgan fingerprint density at radius 1 is 0.971 bits per heavy atom. The van der Waals surface area contributed by atoms with Crippen molar-refractivity contribution in [1.82, 2.24) is 4.90 Å². The van der Waals surface area contributed by atoms with Crippen molar-refractivity contribution >= 4 is 29.1 Å². The molecule has 8 nitrogen and oxygen atoms in total. The lowest BCUT2D eigenvalue weighted by Gasteiger charge is -2.25. The van der Waals surface area contributed by atoms with Gasteiger partial charge in [-0.25, -0.2) is 0 Å². The molecule has 0 radical (unpaired) electrons. The summed E-state index contributed by atoms with van der Waals surface area (Å²) in [6.45, 7) is 4.47. The summed E-state index contributed by atoms with van der Waals surface area (Å²) in [7, 11) is 4.38. The van der Waals surface area contributed by atoms with E-state index in [4.69, 9.17) is 30.5 Å². The topological polar surface area (TPSA) is 94.5 Å². The van der Waals surface area contributed by atoms with Gasteiger partial charge in [-0.3, -0.25) is 9.59 Å². The van der Waals surface area contributed by atoms with E-state index in [1.807, 2.05) is 13.8 Å². The van der Waals surface area contributed by atoms with Crippen molar-refractivity contribution in [2.45, 2.75) is 26.3 Å². The number of aliphatic hydroxyl groups excluding tert-OH is 1. The third-order valence-electron chi connectivity index (χ3n) is 5.54. The van der Waals surface area contributed by atoms with E-state index < -0.39 is 17.7 Å². The summed E-state index contributed by atoms with van der Waals surface area (Å²) in [6, 6.07) is 7.28. The number of hydrogen-bond acceptors (Lipinski definition) is 7. The van der Waals surface area contributed by atoms with Crippen LogP contribution in [0.2, 0.25) is 5.02 Å². The lowest BCUT2D eigenvalue weighted by atomic mass is 9.94. The molecule has 1 saturated heterocycles. The molecule has 182 valence electrons. The fraction of sp³-hybridized carbons (Fsp3) is 0.360. The van der Waals surface area contributed by atoms with Crippen LogP contribution in [-0.4, -0.2) is 56.2 Å². The summed E-state index contributed by atoms with van der Waals surface area (Å²) in [5, 5.41) is 11.6. The number of Topliss-reactive ketones (excluding diaryl/α,β-unsaturated/α-hetero) is 1. The van der Waals surface area contributed by atoms with Crippen LogP contribution in [0.25, 0.3) is 5.76 Å². The normalized spacial score (nSPS) is 17.1. The molecular weight excluding hydrogens is 462 g/mol. The average molecular weight is 490 g/mol. The molecule has 1 aliphatic heterocycles. The van der Waals surface area contributed by atoms with Crippen LogP contribution in [0.15, 0.2) is 35.9 Å². The number of halogens is 1. The molecule has 1 amide bonds. The fourth-order valence-corrected chi connectivity index (χ4v) is 4.25. The first-order valence-electron chi connectivity index (χ1n) is 10.8. The maximum Gasteiger partial charge on any atom is 0.295 e. The van der Waals surface area contributed by atoms with Crippen molar-refractivity contribution in [2.75, 3.05) is 34.5 Å². The van der Waals surface area contributed by atoms with Crippen LogP contribution in [0.5, 0.6) is 23.0 Å². The standard InChI is InChI=1S/C25H28ClNO7/c1-6-10-27-22(14-8-9-17(31-3)20(11-14)34-7-2)21(24(29)25(27)30)23(28)15-12-19(33-5)16(26)13-18(15)32-4/h8-9,11-13,22,28H,6-7,10H2,1-5H3/b23-21+. The summed E-state index contributed by atoms with van der Waals surface area (Å²) in [4.78, 5) is 27.6. The third-order valence-corrected chi connectivity index (χ3v) is 5.83. The number of amides is 1. The average Bonchev–Trinajstić information content (AvgIpc) is 3.08. The molecule has 1 aliphatic rings. The molecule has 0 saturated carbocycles. The lowest BCUT2D eigenvalue weighted by Crippen LogP contribution is -2.30. The molecule has 0 spiro atoms.